The fourth-order valence-corrected chi connectivity index (χ4v) is 3.28. The summed E-state index contributed by atoms with van der Waals surface area (Å²) in [5.74, 6) is 1.38. The molecule has 3 rings (SSSR count). The Kier molecular flexibility index (Phi) is 6.05. The smallest absolute Gasteiger partial charge is 0.323 e. The van der Waals surface area contributed by atoms with Crippen LogP contribution < -0.4 is 19.3 Å². The minimum absolute atomic E-state index is 0.0906. The highest BCUT2D eigenvalue weighted by molar-refractivity contribution is 6.00. The number of nitro benzene ring substituents is 1. The molecule has 0 saturated carbocycles. The summed E-state index contributed by atoms with van der Waals surface area (Å²) in [6.45, 7) is 4.71. The number of ether oxygens (including phenoxy) is 2. The Labute approximate surface area is 173 Å². The minimum Gasteiger partial charge on any atom is -0.497 e. The van der Waals surface area contributed by atoms with Gasteiger partial charge in [-0.2, -0.15) is 0 Å². The van der Waals surface area contributed by atoms with Gasteiger partial charge in [-0.25, -0.2) is 4.63 Å². The molecule has 0 aliphatic carbocycles. The van der Waals surface area contributed by atoms with Crippen LogP contribution in [-0.2, 0) is 6.54 Å². The van der Waals surface area contributed by atoms with Crippen molar-refractivity contribution in [2.75, 3.05) is 44.7 Å². The van der Waals surface area contributed by atoms with Crippen LogP contribution >= 0.6 is 0 Å². The van der Waals surface area contributed by atoms with E-state index in [1.54, 1.807) is 45.4 Å². The summed E-state index contributed by atoms with van der Waals surface area (Å²) in [7, 11) is 6.65. The molecular formula is C20H23N5O5. The normalized spacial score (nSPS) is 10.7. The van der Waals surface area contributed by atoms with Crippen LogP contribution in [0.4, 0.5) is 17.1 Å². The minimum atomic E-state index is -0.478. The third kappa shape index (κ3) is 3.84. The van der Waals surface area contributed by atoms with Crippen molar-refractivity contribution in [1.29, 1.82) is 0 Å². The van der Waals surface area contributed by atoms with Crippen LogP contribution in [0.2, 0.25) is 0 Å². The summed E-state index contributed by atoms with van der Waals surface area (Å²) in [5.41, 5.74) is 2.13. The number of benzene rings is 2. The largest absolute Gasteiger partial charge is 0.497 e. The molecule has 0 unspecified atom stereocenters. The summed E-state index contributed by atoms with van der Waals surface area (Å²) >= 11 is 0. The first-order valence-electron chi connectivity index (χ1n) is 9.09. The molecule has 158 valence electrons. The van der Waals surface area contributed by atoms with E-state index in [4.69, 9.17) is 14.1 Å². The van der Waals surface area contributed by atoms with E-state index in [9.17, 15) is 10.1 Å². The zero-order valence-corrected chi connectivity index (χ0v) is 17.3. The van der Waals surface area contributed by atoms with Crippen molar-refractivity contribution in [3.05, 3.63) is 52.6 Å². The Balaban J connectivity index is 2.18. The van der Waals surface area contributed by atoms with Crippen molar-refractivity contribution < 1.29 is 19.0 Å². The zero-order valence-electron chi connectivity index (χ0n) is 17.3. The van der Waals surface area contributed by atoms with E-state index in [2.05, 4.69) is 16.9 Å². The summed E-state index contributed by atoms with van der Waals surface area (Å²) < 4.78 is 15.7. The van der Waals surface area contributed by atoms with E-state index >= 15 is 0 Å². The molecule has 0 atom stereocenters. The van der Waals surface area contributed by atoms with Crippen LogP contribution in [0.15, 0.2) is 41.5 Å². The quantitative estimate of drug-likeness (QED) is 0.296. The Hall–Kier alpha value is -3.82. The maximum atomic E-state index is 11.7. The maximum Gasteiger partial charge on any atom is 0.323 e. The second-order valence-electron chi connectivity index (χ2n) is 6.72. The summed E-state index contributed by atoms with van der Waals surface area (Å²) in [6.07, 6.45) is 1.74. The molecule has 1 aromatic heterocycles. The number of nitrogens with zero attached hydrogens (tertiary/aromatic N) is 5. The predicted octanol–water partition coefficient (Wildman–Crippen LogP) is 3.41. The molecule has 2 aromatic carbocycles. The van der Waals surface area contributed by atoms with Gasteiger partial charge >= 0.3 is 5.69 Å². The fraction of sp³-hybridized carbons (Fsp3) is 0.300. The molecule has 0 saturated heterocycles. The number of hydrogen-bond acceptors (Lipinski definition) is 9. The molecule has 0 N–H and O–H groups in total. The number of rotatable bonds is 9. The van der Waals surface area contributed by atoms with Gasteiger partial charge in [0.2, 0.25) is 5.52 Å². The Morgan fingerprint density at radius 2 is 1.90 bits per heavy atom. The third-order valence-corrected chi connectivity index (χ3v) is 4.67. The standard InChI is InChI=1S/C20H23N5O5/c1-6-9-24(12-13-10-14(28-4)7-8-17(13)29-5)15-11-16(23(2)3)20(25(26)27)19-18(15)21-30-22-19/h6-8,10-11H,1,9,12H2,2-5H3. The predicted molar refractivity (Wildman–Crippen MR) is 114 cm³/mol. The lowest BCUT2D eigenvalue weighted by Crippen LogP contribution is -2.24. The van der Waals surface area contributed by atoms with Crippen LogP contribution in [0.3, 0.4) is 0 Å². The van der Waals surface area contributed by atoms with E-state index in [0.29, 0.717) is 41.5 Å². The van der Waals surface area contributed by atoms with Gasteiger partial charge in [0.25, 0.3) is 0 Å². The molecular weight excluding hydrogens is 390 g/mol. The number of aromatic nitrogens is 2. The van der Waals surface area contributed by atoms with Crippen molar-refractivity contribution in [2.24, 2.45) is 0 Å². The molecule has 0 fully saturated rings. The molecule has 1 heterocycles. The lowest BCUT2D eigenvalue weighted by atomic mass is 10.1. The van der Waals surface area contributed by atoms with E-state index in [1.807, 2.05) is 23.1 Å². The molecule has 3 aromatic rings. The van der Waals surface area contributed by atoms with Crippen LogP contribution in [-0.4, -0.2) is 50.1 Å². The first-order valence-corrected chi connectivity index (χ1v) is 9.09. The molecule has 0 spiro atoms. The second-order valence-corrected chi connectivity index (χ2v) is 6.72. The highest BCUT2D eigenvalue weighted by Gasteiger charge is 2.28. The fourth-order valence-electron chi connectivity index (χ4n) is 3.28. The van der Waals surface area contributed by atoms with Crippen molar-refractivity contribution >= 4 is 28.1 Å². The lowest BCUT2D eigenvalue weighted by Gasteiger charge is -2.26. The maximum absolute atomic E-state index is 11.7. The Morgan fingerprint density at radius 1 is 1.17 bits per heavy atom. The van der Waals surface area contributed by atoms with E-state index in [0.717, 1.165) is 5.56 Å². The monoisotopic (exact) mass is 413 g/mol. The Bertz CT molecular complexity index is 1080. The first-order chi connectivity index (χ1) is 14.4. The molecule has 30 heavy (non-hydrogen) atoms. The highest BCUT2D eigenvalue weighted by atomic mass is 16.6. The van der Waals surface area contributed by atoms with Gasteiger partial charge in [0, 0.05) is 32.7 Å². The molecule has 0 radical (unpaired) electrons. The molecule has 0 aliphatic rings. The van der Waals surface area contributed by atoms with Crippen LogP contribution in [0.5, 0.6) is 11.5 Å². The molecule has 10 heteroatoms. The van der Waals surface area contributed by atoms with Crippen molar-refractivity contribution in [2.45, 2.75) is 6.54 Å². The molecule has 0 aliphatic heterocycles. The SMILES string of the molecule is C=CCN(Cc1cc(OC)ccc1OC)c1cc(N(C)C)c([N+](=O)[O-])c2nonc12. The van der Waals surface area contributed by atoms with Crippen molar-refractivity contribution in [3.8, 4) is 11.5 Å². The van der Waals surface area contributed by atoms with Gasteiger partial charge in [-0.1, -0.05) is 6.08 Å². The van der Waals surface area contributed by atoms with Gasteiger partial charge < -0.3 is 19.3 Å². The number of anilines is 2. The second kappa shape index (κ2) is 8.68. The van der Waals surface area contributed by atoms with Gasteiger partial charge in [-0.15, -0.1) is 6.58 Å². The summed E-state index contributed by atoms with van der Waals surface area (Å²) in [4.78, 5) is 14.8. The number of hydrogen-bond donors (Lipinski definition) is 0. The lowest BCUT2D eigenvalue weighted by molar-refractivity contribution is -0.382. The van der Waals surface area contributed by atoms with E-state index in [1.165, 1.54) is 0 Å². The molecule has 0 amide bonds. The number of nitro groups is 1. The summed E-state index contributed by atoms with van der Waals surface area (Å²) in [6, 6.07) is 7.23. The van der Waals surface area contributed by atoms with Crippen LogP contribution in [0.25, 0.3) is 11.0 Å². The topological polar surface area (TPSA) is 107 Å². The highest BCUT2D eigenvalue weighted by Crippen LogP contribution is 2.40. The average molecular weight is 413 g/mol. The average Bonchev–Trinajstić information content (AvgIpc) is 3.21. The Morgan fingerprint density at radius 3 is 2.50 bits per heavy atom. The van der Waals surface area contributed by atoms with Gasteiger partial charge in [0.1, 0.15) is 17.2 Å². The third-order valence-electron chi connectivity index (χ3n) is 4.67. The number of fused-ring (bicyclic) bond motifs is 1. The van der Waals surface area contributed by atoms with Crippen LogP contribution in [0, 0.1) is 10.1 Å². The van der Waals surface area contributed by atoms with E-state index in [-0.39, 0.29) is 11.2 Å². The van der Waals surface area contributed by atoms with E-state index < -0.39 is 4.92 Å². The molecule has 10 nitrogen and oxygen atoms in total. The summed E-state index contributed by atoms with van der Waals surface area (Å²) in [5, 5.41) is 19.4. The van der Waals surface area contributed by atoms with Crippen molar-refractivity contribution in [1.82, 2.24) is 10.3 Å². The van der Waals surface area contributed by atoms with Gasteiger partial charge in [0.15, 0.2) is 5.52 Å². The van der Waals surface area contributed by atoms with Crippen molar-refractivity contribution in [3.63, 3.8) is 0 Å². The van der Waals surface area contributed by atoms with Gasteiger partial charge in [0.05, 0.1) is 24.8 Å². The molecule has 0 bridgehead atoms. The zero-order chi connectivity index (χ0) is 21.8. The number of methoxy groups -OCH3 is 2. The van der Waals surface area contributed by atoms with Gasteiger partial charge in [-0.3, -0.25) is 10.1 Å². The van der Waals surface area contributed by atoms with Gasteiger partial charge in [-0.05, 0) is 34.6 Å². The van der Waals surface area contributed by atoms with Crippen LogP contribution in [0.1, 0.15) is 5.56 Å². The first kappa shape index (κ1) is 20.9.